The molecular weight excluding hydrogens is 184 g/mol. The van der Waals surface area contributed by atoms with Gasteiger partial charge in [0.25, 0.3) is 0 Å². The molecule has 0 unspecified atom stereocenters. The van der Waals surface area contributed by atoms with Crippen LogP contribution in [0.1, 0.15) is 31.0 Å². The normalized spacial score (nSPS) is 11.5. The molecule has 15 heavy (non-hydrogen) atoms. The van der Waals surface area contributed by atoms with E-state index in [1.807, 2.05) is 0 Å². The molecule has 2 rings (SSSR count). The van der Waals surface area contributed by atoms with E-state index in [0.717, 1.165) is 6.42 Å². The molecule has 3 N–H and O–H groups in total. The van der Waals surface area contributed by atoms with E-state index < -0.39 is 0 Å². The van der Waals surface area contributed by atoms with E-state index in [0.29, 0.717) is 12.5 Å². The van der Waals surface area contributed by atoms with E-state index in [2.05, 4.69) is 43.1 Å². The van der Waals surface area contributed by atoms with Crippen molar-refractivity contribution in [3.05, 3.63) is 35.5 Å². The first-order chi connectivity index (χ1) is 7.20. The Hall–Kier alpha value is -1.28. The molecule has 0 atom stereocenters. The van der Waals surface area contributed by atoms with Crippen LogP contribution in [-0.4, -0.2) is 11.5 Å². The number of benzene rings is 1. The lowest BCUT2D eigenvalue weighted by atomic mass is 10.0. The molecule has 0 fully saturated rings. The quantitative estimate of drug-likeness (QED) is 0.789. The van der Waals surface area contributed by atoms with Crippen molar-refractivity contribution in [3.63, 3.8) is 0 Å². The van der Waals surface area contributed by atoms with Crippen LogP contribution in [0.3, 0.4) is 0 Å². The minimum atomic E-state index is 0.579. The molecule has 80 valence electrons. The number of fused-ring (bicyclic) bond motifs is 1. The van der Waals surface area contributed by atoms with E-state index in [9.17, 15) is 0 Å². The second-order valence-electron chi connectivity index (χ2n) is 4.33. The minimum absolute atomic E-state index is 0.579. The molecule has 0 saturated carbocycles. The molecule has 0 aliphatic heterocycles. The number of nitrogens with two attached hydrogens (primary N) is 1. The summed E-state index contributed by atoms with van der Waals surface area (Å²) in [5.74, 6) is 0.579. The Labute approximate surface area is 90.5 Å². The molecule has 2 nitrogen and oxygen atoms in total. The molecule has 0 spiro atoms. The second kappa shape index (κ2) is 4.07. The van der Waals surface area contributed by atoms with Crippen LogP contribution in [0.5, 0.6) is 0 Å². The number of nitrogens with one attached hydrogen (secondary N) is 1. The molecule has 2 aromatic rings. The van der Waals surface area contributed by atoms with Crippen molar-refractivity contribution in [2.75, 3.05) is 6.54 Å². The summed E-state index contributed by atoms with van der Waals surface area (Å²) in [5, 5.41) is 1.28. The largest absolute Gasteiger partial charge is 0.358 e. The fraction of sp³-hybridized carbons (Fsp3) is 0.385. The first kappa shape index (κ1) is 10.2. The predicted octanol–water partition coefficient (Wildman–Crippen LogP) is 2.79. The van der Waals surface area contributed by atoms with Gasteiger partial charge in [-0.1, -0.05) is 26.0 Å². The van der Waals surface area contributed by atoms with Gasteiger partial charge in [0.2, 0.25) is 0 Å². The predicted molar refractivity (Wildman–Crippen MR) is 65.1 cm³/mol. The molecular formula is C13H18N2. The molecule has 0 aliphatic carbocycles. The van der Waals surface area contributed by atoms with Crippen molar-refractivity contribution in [2.24, 2.45) is 5.73 Å². The van der Waals surface area contributed by atoms with Crippen LogP contribution in [0.15, 0.2) is 24.3 Å². The Kier molecular flexibility index (Phi) is 2.78. The maximum atomic E-state index is 5.54. The van der Waals surface area contributed by atoms with Crippen molar-refractivity contribution in [3.8, 4) is 0 Å². The molecule has 1 heterocycles. The van der Waals surface area contributed by atoms with Crippen molar-refractivity contribution in [2.45, 2.75) is 26.2 Å². The average Bonchev–Trinajstić information content (AvgIpc) is 2.59. The maximum absolute atomic E-state index is 5.54. The zero-order valence-corrected chi connectivity index (χ0v) is 9.38. The third-order valence-corrected chi connectivity index (χ3v) is 2.78. The Balaban J connectivity index is 2.43. The molecule has 2 heteroatoms. The Bertz CT molecular complexity index is 455. The fourth-order valence-electron chi connectivity index (χ4n) is 1.85. The van der Waals surface area contributed by atoms with Crippen LogP contribution in [0.2, 0.25) is 0 Å². The van der Waals surface area contributed by atoms with Crippen LogP contribution < -0.4 is 5.73 Å². The van der Waals surface area contributed by atoms with Crippen LogP contribution in [0.25, 0.3) is 10.9 Å². The summed E-state index contributed by atoms with van der Waals surface area (Å²) in [4.78, 5) is 3.41. The molecule has 1 aromatic heterocycles. The molecule has 1 aromatic carbocycles. The standard InChI is InChI=1S/C13H18N2/c1-9(2)10-3-4-11-7-12(5-6-14)15-13(11)8-10/h3-4,7-9,15H,5-6,14H2,1-2H3. The lowest BCUT2D eigenvalue weighted by Crippen LogP contribution is -2.02. The van der Waals surface area contributed by atoms with Crippen LogP contribution in [0.4, 0.5) is 0 Å². The zero-order valence-electron chi connectivity index (χ0n) is 9.38. The highest BCUT2D eigenvalue weighted by molar-refractivity contribution is 5.81. The maximum Gasteiger partial charge on any atom is 0.0458 e. The summed E-state index contributed by atoms with van der Waals surface area (Å²) in [6.45, 7) is 5.12. The Morgan fingerprint density at radius 3 is 2.73 bits per heavy atom. The van der Waals surface area contributed by atoms with E-state index in [1.54, 1.807) is 0 Å². The number of hydrogen-bond acceptors (Lipinski definition) is 1. The Morgan fingerprint density at radius 1 is 1.27 bits per heavy atom. The van der Waals surface area contributed by atoms with Gasteiger partial charge in [0.1, 0.15) is 0 Å². The van der Waals surface area contributed by atoms with E-state index in [-0.39, 0.29) is 0 Å². The van der Waals surface area contributed by atoms with Gasteiger partial charge in [-0.3, -0.25) is 0 Å². The van der Waals surface area contributed by atoms with Gasteiger partial charge in [-0.25, -0.2) is 0 Å². The van der Waals surface area contributed by atoms with Gasteiger partial charge in [0, 0.05) is 11.2 Å². The topological polar surface area (TPSA) is 41.8 Å². The van der Waals surface area contributed by atoms with Gasteiger partial charge in [-0.2, -0.15) is 0 Å². The smallest absolute Gasteiger partial charge is 0.0458 e. The number of H-pyrrole nitrogens is 1. The summed E-state index contributed by atoms with van der Waals surface area (Å²) in [6, 6.07) is 8.81. The first-order valence-corrected chi connectivity index (χ1v) is 5.52. The molecule has 0 amide bonds. The minimum Gasteiger partial charge on any atom is -0.358 e. The van der Waals surface area contributed by atoms with Gasteiger partial charge in [-0.15, -0.1) is 0 Å². The van der Waals surface area contributed by atoms with Gasteiger partial charge < -0.3 is 10.7 Å². The summed E-state index contributed by atoms with van der Waals surface area (Å²) in [5.41, 5.74) is 9.38. The molecule has 0 saturated heterocycles. The van der Waals surface area contributed by atoms with Gasteiger partial charge in [-0.05, 0) is 42.0 Å². The lowest BCUT2D eigenvalue weighted by Gasteiger charge is -2.04. The highest BCUT2D eigenvalue weighted by Gasteiger charge is 2.03. The second-order valence-corrected chi connectivity index (χ2v) is 4.33. The van der Waals surface area contributed by atoms with Crippen molar-refractivity contribution < 1.29 is 0 Å². The molecule has 0 bridgehead atoms. The van der Waals surface area contributed by atoms with Crippen LogP contribution in [0, 0.1) is 0 Å². The van der Waals surface area contributed by atoms with Crippen molar-refractivity contribution in [1.29, 1.82) is 0 Å². The van der Waals surface area contributed by atoms with Gasteiger partial charge in [0.15, 0.2) is 0 Å². The fourth-order valence-corrected chi connectivity index (χ4v) is 1.85. The van der Waals surface area contributed by atoms with E-state index in [1.165, 1.54) is 22.2 Å². The van der Waals surface area contributed by atoms with Gasteiger partial charge in [0.05, 0.1) is 0 Å². The zero-order chi connectivity index (χ0) is 10.8. The monoisotopic (exact) mass is 202 g/mol. The summed E-state index contributed by atoms with van der Waals surface area (Å²) < 4.78 is 0. The van der Waals surface area contributed by atoms with E-state index in [4.69, 9.17) is 5.73 Å². The highest BCUT2D eigenvalue weighted by Crippen LogP contribution is 2.21. The van der Waals surface area contributed by atoms with Crippen molar-refractivity contribution in [1.82, 2.24) is 4.98 Å². The summed E-state index contributed by atoms with van der Waals surface area (Å²) in [6.07, 6.45) is 0.922. The highest BCUT2D eigenvalue weighted by atomic mass is 14.7. The SMILES string of the molecule is CC(C)c1ccc2cc(CCN)[nH]c2c1. The third kappa shape index (κ3) is 2.05. The van der Waals surface area contributed by atoms with E-state index >= 15 is 0 Å². The van der Waals surface area contributed by atoms with Crippen molar-refractivity contribution >= 4 is 10.9 Å². The first-order valence-electron chi connectivity index (χ1n) is 5.52. The number of hydrogen-bond donors (Lipinski definition) is 2. The van der Waals surface area contributed by atoms with Crippen LogP contribution >= 0.6 is 0 Å². The number of aromatic amines is 1. The van der Waals surface area contributed by atoms with Gasteiger partial charge >= 0.3 is 0 Å². The Morgan fingerprint density at radius 2 is 2.07 bits per heavy atom. The summed E-state index contributed by atoms with van der Waals surface area (Å²) in [7, 11) is 0. The third-order valence-electron chi connectivity index (χ3n) is 2.78. The number of rotatable bonds is 3. The lowest BCUT2D eigenvalue weighted by molar-refractivity contribution is 0.868. The average molecular weight is 202 g/mol. The van der Waals surface area contributed by atoms with Crippen LogP contribution in [-0.2, 0) is 6.42 Å². The molecule has 0 radical (unpaired) electrons. The molecule has 0 aliphatic rings. The number of aromatic nitrogens is 1. The summed E-state index contributed by atoms with van der Waals surface area (Å²) >= 11 is 0.